The largest absolute Gasteiger partial charge is 0.445 e. The molecule has 21 heavy (non-hydrogen) atoms. The normalized spacial score (nSPS) is 16.3. The monoisotopic (exact) mass is 281 g/mol. The first kappa shape index (κ1) is 13.7. The van der Waals surface area contributed by atoms with E-state index in [1.807, 2.05) is 30.3 Å². The molecule has 3 heteroatoms. The molecule has 1 amide bonds. The summed E-state index contributed by atoms with van der Waals surface area (Å²) in [7, 11) is 0. The number of carbonyl (C=O) groups is 1. The summed E-state index contributed by atoms with van der Waals surface area (Å²) in [6.07, 6.45) is 1.61. The van der Waals surface area contributed by atoms with Crippen LogP contribution in [-0.2, 0) is 17.8 Å². The molecule has 1 aliphatic carbocycles. The van der Waals surface area contributed by atoms with Gasteiger partial charge in [0.2, 0.25) is 0 Å². The van der Waals surface area contributed by atoms with Crippen molar-refractivity contribution in [1.29, 1.82) is 0 Å². The molecule has 0 aliphatic heterocycles. The molecule has 1 aliphatic rings. The minimum atomic E-state index is -0.350. The summed E-state index contributed by atoms with van der Waals surface area (Å²) in [5.41, 5.74) is 4.82. The maximum Gasteiger partial charge on any atom is 0.407 e. The van der Waals surface area contributed by atoms with Crippen LogP contribution in [0.1, 0.15) is 34.7 Å². The molecule has 3 rings (SSSR count). The van der Waals surface area contributed by atoms with Crippen molar-refractivity contribution < 1.29 is 9.53 Å². The third-order valence-corrected chi connectivity index (χ3v) is 3.88. The second-order valence-electron chi connectivity index (χ2n) is 5.50. The van der Waals surface area contributed by atoms with Crippen molar-refractivity contribution in [1.82, 2.24) is 5.32 Å². The number of amides is 1. The van der Waals surface area contributed by atoms with Crippen LogP contribution in [-0.4, -0.2) is 6.09 Å². The van der Waals surface area contributed by atoms with Gasteiger partial charge < -0.3 is 10.1 Å². The maximum atomic E-state index is 11.9. The summed E-state index contributed by atoms with van der Waals surface area (Å²) >= 11 is 0. The molecule has 2 aromatic rings. The zero-order valence-corrected chi connectivity index (χ0v) is 12.1. The first-order valence-corrected chi connectivity index (χ1v) is 7.29. The molecule has 0 heterocycles. The molecule has 108 valence electrons. The van der Waals surface area contributed by atoms with Crippen molar-refractivity contribution in [3.63, 3.8) is 0 Å². The van der Waals surface area contributed by atoms with E-state index >= 15 is 0 Å². The molecular formula is C18H19NO2. The third kappa shape index (κ3) is 3.24. The Hall–Kier alpha value is -2.29. The highest BCUT2D eigenvalue weighted by molar-refractivity contribution is 5.68. The van der Waals surface area contributed by atoms with Crippen LogP contribution in [0.25, 0.3) is 0 Å². The highest BCUT2D eigenvalue weighted by Gasteiger charge is 2.24. The number of hydrogen-bond donors (Lipinski definition) is 1. The SMILES string of the molecule is Cc1ccc2c(c1)CC[C@@H]2NC(=O)OCc1ccccc1. The minimum absolute atomic E-state index is 0.0730. The van der Waals surface area contributed by atoms with Crippen LogP contribution in [0.3, 0.4) is 0 Å². The average molecular weight is 281 g/mol. The summed E-state index contributed by atoms with van der Waals surface area (Å²) < 4.78 is 5.28. The fraction of sp³-hybridized carbons (Fsp3) is 0.278. The summed E-state index contributed by atoms with van der Waals surface area (Å²) in [6, 6.07) is 16.2. The summed E-state index contributed by atoms with van der Waals surface area (Å²) in [4.78, 5) is 11.9. The molecule has 0 saturated heterocycles. The molecule has 3 nitrogen and oxygen atoms in total. The molecule has 0 saturated carbocycles. The van der Waals surface area contributed by atoms with E-state index in [0.29, 0.717) is 6.61 Å². The Labute approximate surface area is 124 Å². The molecule has 0 bridgehead atoms. The van der Waals surface area contributed by atoms with E-state index in [2.05, 4.69) is 30.4 Å². The van der Waals surface area contributed by atoms with E-state index in [0.717, 1.165) is 18.4 Å². The molecule has 0 radical (unpaired) electrons. The predicted molar refractivity (Wildman–Crippen MR) is 82.0 cm³/mol. The lowest BCUT2D eigenvalue weighted by Gasteiger charge is -2.14. The Morgan fingerprint density at radius 3 is 2.86 bits per heavy atom. The lowest BCUT2D eigenvalue weighted by Crippen LogP contribution is -2.27. The van der Waals surface area contributed by atoms with Crippen molar-refractivity contribution in [3.8, 4) is 0 Å². The van der Waals surface area contributed by atoms with E-state index in [1.165, 1.54) is 16.7 Å². The summed E-state index contributed by atoms with van der Waals surface area (Å²) in [5, 5.41) is 2.96. The molecule has 0 aromatic heterocycles. The van der Waals surface area contributed by atoms with Gasteiger partial charge in [0.15, 0.2) is 0 Å². The van der Waals surface area contributed by atoms with Gasteiger partial charge in [-0.05, 0) is 36.5 Å². The smallest absolute Gasteiger partial charge is 0.407 e. The second-order valence-corrected chi connectivity index (χ2v) is 5.50. The van der Waals surface area contributed by atoms with E-state index < -0.39 is 0 Å². The fourth-order valence-corrected chi connectivity index (χ4v) is 2.80. The average Bonchev–Trinajstić information content (AvgIpc) is 2.88. The first-order chi connectivity index (χ1) is 10.2. The van der Waals surface area contributed by atoms with Gasteiger partial charge in [-0.15, -0.1) is 0 Å². The topological polar surface area (TPSA) is 38.3 Å². The lowest BCUT2D eigenvalue weighted by molar-refractivity contribution is 0.135. The van der Waals surface area contributed by atoms with Gasteiger partial charge in [-0.1, -0.05) is 54.1 Å². The molecule has 0 unspecified atom stereocenters. The van der Waals surface area contributed by atoms with Gasteiger partial charge in [0.25, 0.3) is 0 Å². The van der Waals surface area contributed by atoms with Gasteiger partial charge in [0.05, 0.1) is 6.04 Å². The molecule has 2 aromatic carbocycles. The first-order valence-electron chi connectivity index (χ1n) is 7.29. The van der Waals surface area contributed by atoms with Crippen LogP contribution >= 0.6 is 0 Å². The summed E-state index contributed by atoms with van der Waals surface area (Å²) in [6.45, 7) is 2.40. The van der Waals surface area contributed by atoms with E-state index in [4.69, 9.17) is 4.74 Å². The van der Waals surface area contributed by atoms with Gasteiger partial charge in [-0.25, -0.2) is 4.79 Å². The number of hydrogen-bond acceptors (Lipinski definition) is 2. The van der Waals surface area contributed by atoms with Crippen LogP contribution in [0.4, 0.5) is 4.79 Å². The van der Waals surface area contributed by atoms with Crippen LogP contribution < -0.4 is 5.32 Å². The number of ether oxygens (including phenoxy) is 1. The third-order valence-electron chi connectivity index (χ3n) is 3.88. The van der Waals surface area contributed by atoms with Crippen LogP contribution in [0.2, 0.25) is 0 Å². The van der Waals surface area contributed by atoms with E-state index in [-0.39, 0.29) is 12.1 Å². The highest BCUT2D eigenvalue weighted by atomic mass is 16.5. The second kappa shape index (κ2) is 6.00. The number of aryl methyl sites for hydroxylation is 2. The number of carbonyl (C=O) groups excluding carboxylic acids is 1. The van der Waals surface area contributed by atoms with Crippen LogP contribution in [0, 0.1) is 6.92 Å². The molecule has 0 fully saturated rings. The number of rotatable bonds is 3. The Morgan fingerprint density at radius 2 is 2.05 bits per heavy atom. The van der Waals surface area contributed by atoms with Crippen LogP contribution in [0.5, 0.6) is 0 Å². The minimum Gasteiger partial charge on any atom is -0.445 e. The van der Waals surface area contributed by atoms with Crippen molar-refractivity contribution in [2.45, 2.75) is 32.4 Å². The van der Waals surface area contributed by atoms with Crippen molar-refractivity contribution in [2.24, 2.45) is 0 Å². The quantitative estimate of drug-likeness (QED) is 0.926. The maximum absolute atomic E-state index is 11.9. The Kier molecular flexibility index (Phi) is 3.91. The lowest BCUT2D eigenvalue weighted by atomic mass is 10.1. The number of benzene rings is 2. The van der Waals surface area contributed by atoms with Crippen molar-refractivity contribution in [2.75, 3.05) is 0 Å². The van der Waals surface area contributed by atoms with E-state index in [1.54, 1.807) is 0 Å². The highest BCUT2D eigenvalue weighted by Crippen LogP contribution is 2.31. The molecule has 0 spiro atoms. The van der Waals surface area contributed by atoms with E-state index in [9.17, 15) is 4.79 Å². The standard InChI is InChI=1S/C18H19NO2/c1-13-7-9-16-15(11-13)8-10-17(16)19-18(20)21-12-14-5-3-2-4-6-14/h2-7,9,11,17H,8,10,12H2,1H3,(H,19,20)/t17-/m0/s1. The van der Waals surface area contributed by atoms with Crippen molar-refractivity contribution >= 4 is 6.09 Å². The number of nitrogens with one attached hydrogen (secondary N) is 1. The fourth-order valence-electron chi connectivity index (χ4n) is 2.80. The van der Waals surface area contributed by atoms with Crippen LogP contribution in [0.15, 0.2) is 48.5 Å². The van der Waals surface area contributed by atoms with Gasteiger partial charge in [0.1, 0.15) is 6.61 Å². The molecule has 1 N–H and O–H groups in total. The Balaban J connectivity index is 1.57. The number of fused-ring (bicyclic) bond motifs is 1. The van der Waals surface area contributed by atoms with Gasteiger partial charge in [0, 0.05) is 0 Å². The van der Waals surface area contributed by atoms with Gasteiger partial charge >= 0.3 is 6.09 Å². The molecular weight excluding hydrogens is 262 g/mol. The Morgan fingerprint density at radius 1 is 1.24 bits per heavy atom. The number of alkyl carbamates (subject to hydrolysis) is 1. The van der Waals surface area contributed by atoms with Gasteiger partial charge in [-0.2, -0.15) is 0 Å². The molecule has 1 atom stereocenters. The van der Waals surface area contributed by atoms with Gasteiger partial charge in [-0.3, -0.25) is 0 Å². The van der Waals surface area contributed by atoms with Crippen molar-refractivity contribution in [3.05, 3.63) is 70.8 Å². The zero-order valence-electron chi connectivity index (χ0n) is 12.1. The Bertz CT molecular complexity index is 637. The summed E-state index contributed by atoms with van der Waals surface area (Å²) in [5.74, 6) is 0. The predicted octanol–water partition coefficient (Wildman–Crippen LogP) is 3.91. The zero-order chi connectivity index (χ0) is 14.7.